The summed E-state index contributed by atoms with van der Waals surface area (Å²) in [5.41, 5.74) is 6.57. The SMILES string of the molecule is C[C@@H](c1ccccc1)C1(C(=O)NCc2cccnc2)CCCN1C(N)=O. The van der Waals surface area contributed by atoms with Crippen molar-refractivity contribution in [2.24, 2.45) is 5.73 Å². The molecule has 6 nitrogen and oxygen atoms in total. The molecule has 1 unspecified atom stereocenters. The predicted octanol–water partition coefficient (Wildman–Crippen LogP) is 2.41. The van der Waals surface area contributed by atoms with E-state index < -0.39 is 11.6 Å². The zero-order valence-electron chi connectivity index (χ0n) is 14.9. The van der Waals surface area contributed by atoms with Crippen molar-refractivity contribution in [2.45, 2.75) is 37.8 Å². The molecule has 3 N–H and O–H groups in total. The first-order valence-corrected chi connectivity index (χ1v) is 8.85. The number of pyridine rings is 1. The van der Waals surface area contributed by atoms with Crippen LogP contribution in [0.4, 0.5) is 4.79 Å². The van der Waals surface area contributed by atoms with E-state index in [0.29, 0.717) is 19.5 Å². The molecule has 0 aliphatic carbocycles. The van der Waals surface area contributed by atoms with E-state index in [9.17, 15) is 9.59 Å². The number of benzene rings is 1. The number of aromatic nitrogens is 1. The molecule has 1 fully saturated rings. The number of carbonyl (C=O) groups excluding carboxylic acids is 2. The highest BCUT2D eigenvalue weighted by Gasteiger charge is 2.53. The molecule has 3 amide bonds. The van der Waals surface area contributed by atoms with Crippen molar-refractivity contribution < 1.29 is 9.59 Å². The van der Waals surface area contributed by atoms with E-state index in [4.69, 9.17) is 5.73 Å². The van der Waals surface area contributed by atoms with Gasteiger partial charge < -0.3 is 16.0 Å². The summed E-state index contributed by atoms with van der Waals surface area (Å²) in [5, 5.41) is 2.99. The summed E-state index contributed by atoms with van der Waals surface area (Å²) in [6, 6.07) is 13.0. The smallest absolute Gasteiger partial charge is 0.315 e. The van der Waals surface area contributed by atoms with Gasteiger partial charge in [-0.05, 0) is 30.0 Å². The lowest BCUT2D eigenvalue weighted by molar-refractivity contribution is -0.131. The summed E-state index contributed by atoms with van der Waals surface area (Å²) in [6.07, 6.45) is 4.75. The molecule has 0 saturated carbocycles. The molecule has 136 valence electrons. The molecule has 0 radical (unpaired) electrons. The van der Waals surface area contributed by atoms with E-state index in [2.05, 4.69) is 10.3 Å². The molecule has 1 aliphatic rings. The number of nitrogens with one attached hydrogen (secondary N) is 1. The highest BCUT2D eigenvalue weighted by molar-refractivity contribution is 5.92. The normalized spacial score (nSPS) is 20.6. The van der Waals surface area contributed by atoms with Crippen molar-refractivity contribution >= 4 is 11.9 Å². The van der Waals surface area contributed by atoms with Gasteiger partial charge in [0, 0.05) is 31.4 Å². The molecule has 2 atom stereocenters. The Morgan fingerprint density at radius 2 is 2.04 bits per heavy atom. The molecular weight excluding hydrogens is 328 g/mol. The van der Waals surface area contributed by atoms with Gasteiger partial charge in [0.05, 0.1) is 0 Å². The summed E-state index contributed by atoms with van der Waals surface area (Å²) in [4.78, 5) is 31.0. The maximum absolute atomic E-state index is 13.3. The van der Waals surface area contributed by atoms with Gasteiger partial charge >= 0.3 is 6.03 Å². The second-order valence-electron chi connectivity index (χ2n) is 6.69. The van der Waals surface area contributed by atoms with Gasteiger partial charge in [0.1, 0.15) is 5.54 Å². The van der Waals surface area contributed by atoms with E-state index in [0.717, 1.165) is 17.5 Å². The van der Waals surface area contributed by atoms with Crippen LogP contribution < -0.4 is 11.1 Å². The van der Waals surface area contributed by atoms with Crippen molar-refractivity contribution in [3.8, 4) is 0 Å². The first-order chi connectivity index (χ1) is 12.6. The zero-order chi connectivity index (χ0) is 18.6. The minimum atomic E-state index is -0.977. The van der Waals surface area contributed by atoms with Gasteiger partial charge in [0.15, 0.2) is 0 Å². The highest BCUT2D eigenvalue weighted by atomic mass is 16.2. The average molecular weight is 352 g/mol. The number of hydrogen-bond acceptors (Lipinski definition) is 3. The van der Waals surface area contributed by atoms with Gasteiger partial charge in [0.25, 0.3) is 0 Å². The average Bonchev–Trinajstić information content (AvgIpc) is 3.13. The van der Waals surface area contributed by atoms with Crippen LogP contribution in [-0.4, -0.2) is 33.9 Å². The Kier molecular flexibility index (Phi) is 5.21. The maximum atomic E-state index is 13.3. The topological polar surface area (TPSA) is 88.3 Å². The van der Waals surface area contributed by atoms with E-state index in [1.807, 2.05) is 49.4 Å². The Hall–Kier alpha value is -2.89. The fraction of sp³-hybridized carbons (Fsp3) is 0.350. The largest absolute Gasteiger partial charge is 0.351 e. The predicted molar refractivity (Wildman–Crippen MR) is 99.2 cm³/mol. The quantitative estimate of drug-likeness (QED) is 0.866. The van der Waals surface area contributed by atoms with Crippen molar-refractivity contribution in [1.82, 2.24) is 15.2 Å². The van der Waals surface area contributed by atoms with Crippen LogP contribution in [0.1, 0.15) is 36.8 Å². The van der Waals surface area contributed by atoms with Crippen LogP contribution in [0.15, 0.2) is 54.9 Å². The Balaban J connectivity index is 1.90. The lowest BCUT2D eigenvalue weighted by Gasteiger charge is -2.41. The Labute approximate surface area is 153 Å². The Bertz CT molecular complexity index is 766. The third-order valence-electron chi connectivity index (χ3n) is 5.27. The molecule has 0 bridgehead atoms. The van der Waals surface area contributed by atoms with Crippen molar-refractivity contribution in [3.63, 3.8) is 0 Å². The number of likely N-dealkylation sites (tertiary alicyclic amines) is 1. The zero-order valence-corrected chi connectivity index (χ0v) is 14.9. The highest BCUT2D eigenvalue weighted by Crippen LogP contribution is 2.41. The minimum Gasteiger partial charge on any atom is -0.351 e. The van der Waals surface area contributed by atoms with Gasteiger partial charge in [-0.3, -0.25) is 9.78 Å². The third-order valence-corrected chi connectivity index (χ3v) is 5.27. The maximum Gasteiger partial charge on any atom is 0.315 e. The molecule has 26 heavy (non-hydrogen) atoms. The number of rotatable bonds is 5. The minimum absolute atomic E-state index is 0.172. The second-order valence-corrected chi connectivity index (χ2v) is 6.69. The van der Waals surface area contributed by atoms with E-state index in [-0.39, 0.29) is 11.8 Å². The number of nitrogens with zero attached hydrogens (tertiary/aromatic N) is 2. The van der Waals surface area contributed by atoms with Crippen LogP contribution in [0.2, 0.25) is 0 Å². The first kappa shape index (κ1) is 17.9. The fourth-order valence-corrected chi connectivity index (χ4v) is 3.89. The first-order valence-electron chi connectivity index (χ1n) is 8.85. The van der Waals surface area contributed by atoms with Gasteiger partial charge in [-0.15, -0.1) is 0 Å². The van der Waals surface area contributed by atoms with Crippen LogP contribution in [0.3, 0.4) is 0 Å². The second kappa shape index (κ2) is 7.56. The molecule has 6 heteroatoms. The van der Waals surface area contributed by atoms with Crippen molar-refractivity contribution in [2.75, 3.05) is 6.54 Å². The molecule has 2 aromatic rings. The number of hydrogen-bond donors (Lipinski definition) is 2. The standard InChI is InChI=1S/C20H24N4O2/c1-15(17-8-3-2-4-9-17)20(10-6-12-24(20)19(21)26)18(25)23-14-16-7-5-11-22-13-16/h2-5,7-9,11,13,15H,6,10,12,14H2,1H3,(H2,21,26)(H,23,25)/t15-,20?/m0/s1. The molecule has 1 aromatic carbocycles. The van der Waals surface area contributed by atoms with Crippen LogP contribution in [0, 0.1) is 0 Å². The summed E-state index contributed by atoms with van der Waals surface area (Å²) in [6.45, 7) is 2.84. The lowest BCUT2D eigenvalue weighted by Crippen LogP contribution is -2.61. The van der Waals surface area contributed by atoms with Crippen LogP contribution >= 0.6 is 0 Å². The summed E-state index contributed by atoms with van der Waals surface area (Å²) in [5.74, 6) is -0.346. The molecule has 1 aromatic heterocycles. The fourth-order valence-electron chi connectivity index (χ4n) is 3.89. The summed E-state index contributed by atoms with van der Waals surface area (Å²) in [7, 11) is 0. The van der Waals surface area contributed by atoms with Crippen molar-refractivity contribution in [3.05, 3.63) is 66.0 Å². The van der Waals surface area contributed by atoms with E-state index in [1.165, 1.54) is 4.90 Å². The van der Waals surface area contributed by atoms with Crippen LogP contribution in [0.25, 0.3) is 0 Å². The van der Waals surface area contributed by atoms with E-state index in [1.54, 1.807) is 12.4 Å². The van der Waals surface area contributed by atoms with E-state index >= 15 is 0 Å². The third kappa shape index (κ3) is 3.27. The number of amides is 3. The van der Waals surface area contributed by atoms with Gasteiger partial charge in [-0.25, -0.2) is 4.79 Å². The van der Waals surface area contributed by atoms with Crippen molar-refractivity contribution in [1.29, 1.82) is 0 Å². The van der Waals surface area contributed by atoms with Gasteiger partial charge in [0.2, 0.25) is 5.91 Å². The number of primary amides is 1. The molecule has 1 saturated heterocycles. The molecule has 0 spiro atoms. The van der Waals surface area contributed by atoms with Crippen LogP contribution in [0.5, 0.6) is 0 Å². The van der Waals surface area contributed by atoms with Gasteiger partial charge in [-0.1, -0.05) is 43.3 Å². The van der Waals surface area contributed by atoms with Crippen LogP contribution in [-0.2, 0) is 11.3 Å². The molecular formula is C20H24N4O2. The lowest BCUT2D eigenvalue weighted by atomic mass is 9.77. The number of nitrogens with two attached hydrogens (primary N) is 1. The molecule has 3 rings (SSSR count). The summed E-state index contributed by atoms with van der Waals surface area (Å²) < 4.78 is 0. The Morgan fingerprint density at radius 1 is 1.27 bits per heavy atom. The molecule has 1 aliphatic heterocycles. The molecule has 2 heterocycles. The summed E-state index contributed by atoms with van der Waals surface area (Å²) >= 11 is 0. The monoisotopic (exact) mass is 352 g/mol. The number of urea groups is 1. The number of carbonyl (C=O) groups is 2. The Morgan fingerprint density at radius 3 is 2.69 bits per heavy atom. The van der Waals surface area contributed by atoms with Gasteiger partial charge in [-0.2, -0.15) is 0 Å².